The van der Waals surface area contributed by atoms with Crippen LogP contribution >= 0.6 is 15.9 Å². The van der Waals surface area contributed by atoms with E-state index in [2.05, 4.69) is 27.0 Å². The SMILES string of the molecule is NCCc1cccc(OCc2ccc(Br)cn2)c1. The summed E-state index contributed by atoms with van der Waals surface area (Å²) in [6.07, 6.45) is 2.64. The highest BCUT2D eigenvalue weighted by Gasteiger charge is 1.99. The predicted octanol–water partition coefficient (Wildman–Crippen LogP) is 2.92. The van der Waals surface area contributed by atoms with Gasteiger partial charge in [0.25, 0.3) is 0 Å². The zero-order valence-corrected chi connectivity index (χ0v) is 11.6. The summed E-state index contributed by atoms with van der Waals surface area (Å²) in [4.78, 5) is 4.26. The van der Waals surface area contributed by atoms with Crippen LogP contribution in [-0.4, -0.2) is 11.5 Å². The van der Waals surface area contributed by atoms with Crippen LogP contribution in [0.1, 0.15) is 11.3 Å². The fourth-order valence-electron chi connectivity index (χ4n) is 1.61. The molecule has 0 aliphatic carbocycles. The summed E-state index contributed by atoms with van der Waals surface area (Å²) in [6, 6.07) is 11.9. The highest BCUT2D eigenvalue weighted by molar-refractivity contribution is 9.10. The van der Waals surface area contributed by atoms with Crippen LogP contribution < -0.4 is 10.5 Å². The van der Waals surface area contributed by atoms with Crippen molar-refractivity contribution in [2.24, 2.45) is 5.73 Å². The quantitative estimate of drug-likeness (QED) is 0.924. The van der Waals surface area contributed by atoms with Crippen molar-refractivity contribution in [1.82, 2.24) is 4.98 Å². The maximum absolute atomic E-state index is 5.70. The molecule has 0 amide bonds. The summed E-state index contributed by atoms with van der Waals surface area (Å²) in [6.45, 7) is 1.12. The fourth-order valence-corrected chi connectivity index (χ4v) is 1.84. The third-order valence-corrected chi connectivity index (χ3v) is 2.98. The number of hydrogen-bond acceptors (Lipinski definition) is 3. The van der Waals surface area contributed by atoms with E-state index in [4.69, 9.17) is 10.5 Å². The molecule has 1 aromatic heterocycles. The van der Waals surface area contributed by atoms with E-state index in [9.17, 15) is 0 Å². The number of benzene rings is 1. The molecular formula is C14H15BrN2O. The fraction of sp³-hybridized carbons (Fsp3) is 0.214. The number of aromatic nitrogens is 1. The molecule has 0 atom stereocenters. The van der Waals surface area contributed by atoms with Crippen molar-refractivity contribution < 1.29 is 4.74 Å². The van der Waals surface area contributed by atoms with Gasteiger partial charge in [0.05, 0.1) is 5.69 Å². The molecule has 0 bridgehead atoms. The van der Waals surface area contributed by atoms with Crippen molar-refractivity contribution in [1.29, 1.82) is 0 Å². The van der Waals surface area contributed by atoms with Gasteiger partial charge in [-0.15, -0.1) is 0 Å². The second kappa shape index (κ2) is 6.52. The highest BCUT2D eigenvalue weighted by atomic mass is 79.9. The molecule has 1 heterocycles. The first-order valence-corrected chi connectivity index (χ1v) is 6.59. The topological polar surface area (TPSA) is 48.1 Å². The number of rotatable bonds is 5. The van der Waals surface area contributed by atoms with Gasteiger partial charge in [-0.2, -0.15) is 0 Å². The van der Waals surface area contributed by atoms with Crippen LogP contribution in [0.2, 0.25) is 0 Å². The molecule has 2 rings (SSSR count). The van der Waals surface area contributed by atoms with Crippen LogP contribution in [-0.2, 0) is 13.0 Å². The van der Waals surface area contributed by atoms with Gasteiger partial charge in [-0.25, -0.2) is 0 Å². The Morgan fingerprint density at radius 3 is 2.83 bits per heavy atom. The van der Waals surface area contributed by atoms with Crippen LogP contribution in [0.3, 0.4) is 0 Å². The van der Waals surface area contributed by atoms with E-state index in [1.807, 2.05) is 30.3 Å². The molecule has 1 aromatic carbocycles. The van der Waals surface area contributed by atoms with Crippen LogP contribution in [0.5, 0.6) is 5.75 Å². The van der Waals surface area contributed by atoms with Crippen LogP contribution in [0.4, 0.5) is 0 Å². The maximum atomic E-state index is 5.70. The summed E-state index contributed by atoms with van der Waals surface area (Å²) >= 11 is 3.35. The maximum Gasteiger partial charge on any atom is 0.130 e. The van der Waals surface area contributed by atoms with E-state index >= 15 is 0 Å². The van der Waals surface area contributed by atoms with E-state index in [-0.39, 0.29) is 0 Å². The number of pyridine rings is 1. The van der Waals surface area contributed by atoms with Gasteiger partial charge in [-0.1, -0.05) is 12.1 Å². The smallest absolute Gasteiger partial charge is 0.130 e. The molecule has 0 saturated carbocycles. The Labute approximate surface area is 115 Å². The molecule has 0 saturated heterocycles. The third-order valence-electron chi connectivity index (χ3n) is 2.51. The Bertz CT molecular complexity index is 499. The van der Waals surface area contributed by atoms with E-state index in [0.29, 0.717) is 13.2 Å². The molecule has 0 aliphatic rings. The molecular weight excluding hydrogens is 292 g/mol. The van der Waals surface area contributed by atoms with Crippen molar-refractivity contribution in [2.45, 2.75) is 13.0 Å². The second-order valence-corrected chi connectivity index (χ2v) is 4.86. The van der Waals surface area contributed by atoms with Crippen LogP contribution in [0, 0.1) is 0 Å². The second-order valence-electron chi connectivity index (χ2n) is 3.94. The monoisotopic (exact) mass is 306 g/mol. The van der Waals surface area contributed by atoms with Gasteiger partial charge >= 0.3 is 0 Å². The number of hydrogen-bond donors (Lipinski definition) is 1. The molecule has 0 radical (unpaired) electrons. The Morgan fingerprint density at radius 2 is 2.11 bits per heavy atom. The number of ether oxygens (including phenoxy) is 1. The molecule has 0 fully saturated rings. The largest absolute Gasteiger partial charge is 0.487 e. The van der Waals surface area contributed by atoms with Crippen molar-refractivity contribution in [3.8, 4) is 5.75 Å². The van der Waals surface area contributed by atoms with Gasteiger partial charge in [-0.05, 0) is 58.7 Å². The Balaban J connectivity index is 1.97. The van der Waals surface area contributed by atoms with Crippen LogP contribution in [0.15, 0.2) is 47.1 Å². The number of nitrogens with two attached hydrogens (primary N) is 1. The standard InChI is InChI=1S/C14H15BrN2O/c15-12-4-5-13(17-9-12)10-18-14-3-1-2-11(8-14)6-7-16/h1-5,8-9H,6-7,10,16H2. The minimum absolute atomic E-state index is 0.472. The van der Waals surface area contributed by atoms with Crippen molar-refractivity contribution in [2.75, 3.05) is 6.54 Å². The van der Waals surface area contributed by atoms with Gasteiger partial charge in [0.2, 0.25) is 0 Å². The lowest BCUT2D eigenvalue weighted by Gasteiger charge is -2.07. The van der Waals surface area contributed by atoms with Crippen LogP contribution in [0.25, 0.3) is 0 Å². The average molecular weight is 307 g/mol. The number of nitrogens with zero attached hydrogens (tertiary/aromatic N) is 1. The van der Waals surface area contributed by atoms with Gasteiger partial charge in [-0.3, -0.25) is 4.98 Å². The molecule has 4 heteroatoms. The van der Waals surface area contributed by atoms with Gasteiger partial charge in [0.15, 0.2) is 0 Å². The first-order chi connectivity index (χ1) is 8.78. The molecule has 3 nitrogen and oxygen atoms in total. The summed E-state index contributed by atoms with van der Waals surface area (Å²) < 4.78 is 6.67. The summed E-state index contributed by atoms with van der Waals surface area (Å²) in [5, 5.41) is 0. The number of halogens is 1. The lowest BCUT2D eigenvalue weighted by Crippen LogP contribution is -2.03. The summed E-state index contributed by atoms with van der Waals surface area (Å²) in [7, 11) is 0. The van der Waals surface area contributed by atoms with Gasteiger partial charge in [0, 0.05) is 10.7 Å². The summed E-state index contributed by atoms with van der Waals surface area (Å²) in [5.41, 5.74) is 7.63. The third kappa shape index (κ3) is 3.82. The Morgan fingerprint density at radius 1 is 1.22 bits per heavy atom. The van der Waals surface area contributed by atoms with Gasteiger partial charge in [0.1, 0.15) is 12.4 Å². The van der Waals surface area contributed by atoms with E-state index in [1.54, 1.807) is 6.20 Å². The molecule has 0 spiro atoms. The zero-order chi connectivity index (χ0) is 12.8. The lowest BCUT2D eigenvalue weighted by molar-refractivity contribution is 0.301. The van der Waals surface area contributed by atoms with E-state index in [1.165, 1.54) is 5.56 Å². The average Bonchev–Trinajstić information content (AvgIpc) is 2.39. The summed E-state index contributed by atoms with van der Waals surface area (Å²) in [5.74, 6) is 0.852. The molecule has 94 valence electrons. The lowest BCUT2D eigenvalue weighted by atomic mass is 10.1. The first-order valence-electron chi connectivity index (χ1n) is 5.80. The van der Waals surface area contributed by atoms with Crippen molar-refractivity contribution in [3.63, 3.8) is 0 Å². The first kappa shape index (κ1) is 13.1. The van der Waals surface area contributed by atoms with E-state index in [0.717, 1.165) is 22.3 Å². The van der Waals surface area contributed by atoms with Crippen molar-refractivity contribution >= 4 is 15.9 Å². The van der Waals surface area contributed by atoms with E-state index < -0.39 is 0 Å². The minimum Gasteiger partial charge on any atom is -0.487 e. The highest BCUT2D eigenvalue weighted by Crippen LogP contribution is 2.15. The minimum atomic E-state index is 0.472. The predicted molar refractivity (Wildman–Crippen MR) is 75.5 cm³/mol. The van der Waals surface area contributed by atoms with Crippen molar-refractivity contribution in [3.05, 3.63) is 58.3 Å². The van der Waals surface area contributed by atoms with Gasteiger partial charge < -0.3 is 10.5 Å². The molecule has 2 aromatic rings. The molecule has 2 N–H and O–H groups in total. The Hall–Kier alpha value is -1.39. The molecule has 18 heavy (non-hydrogen) atoms. The normalized spacial score (nSPS) is 10.3. The zero-order valence-electron chi connectivity index (χ0n) is 9.97. The molecule has 0 aliphatic heterocycles. The molecule has 0 unspecified atom stereocenters. The Kier molecular flexibility index (Phi) is 4.73.